The zero-order valence-electron chi connectivity index (χ0n) is 11.6. The molecule has 5 heteroatoms. The largest absolute Gasteiger partial charge is 0.491 e. The minimum atomic E-state index is -0.424. The van der Waals surface area contributed by atoms with E-state index in [2.05, 4.69) is 0 Å². The van der Waals surface area contributed by atoms with Gasteiger partial charge in [-0.25, -0.2) is 0 Å². The molecule has 2 N–H and O–H groups in total. The van der Waals surface area contributed by atoms with E-state index in [-0.39, 0.29) is 5.97 Å². The lowest BCUT2D eigenvalue weighted by molar-refractivity contribution is -0.151. The van der Waals surface area contributed by atoms with Crippen LogP contribution >= 0.6 is 11.8 Å². The predicted molar refractivity (Wildman–Crippen MR) is 79.5 cm³/mol. The molecule has 0 bridgehead atoms. The molecule has 0 atom stereocenters. The third-order valence-electron chi connectivity index (χ3n) is 2.04. The Morgan fingerprint density at radius 2 is 2.00 bits per heavy atom. The van der Waals surface area contributed by atoms with Gasteiger partial charge in [-0.1, -0.05) is 12.1 Å². The highest BCUT2D eigenvalue weighted by Gasteiger charge is 2.15. The van der Waals surface area contributed by atoms with Gasteiger partial charge in [-0.3, -0.25) is 4.79 Å². The summed E-state index contributed by atoms with van der Waals surface area (Å²) < 4.78 is 10.7. The van der Waals surface area contributed by atoms with Crippen LogP contribution in [0, 0.1) is 0 Å². The zero-order valence-corrected chi connectivity index (χ0v) is 12.5. The van der Waals surface area contributed by atoms with Gasteiger partial charge in [0.25, 0.3) is 0 Å². The molecule has 1 aromatic rings. The fourth-order valence-electron chi connectivity index (χ4n) is 1.35. The minimum absolute atomic E-state index is 0.197. The van der Waals surface area contributed by atoms with Gasteiger partial charge >= 0.3 is 5.97 Å². The first-order chi connectivity index (χ1) is 8.88. The number of thioether (sulfide) groups is 1. The number of benzene rings is 1. The van der Waals surface area contributed by atoms with E-state index in [1.807, 2.05) is 39.0 Å². The Kier molecular flexibility index (Phi) is 6.02. The fraction of sp³-hybridized carbons (Fsp3) is 0.500. The Morgan fingerprint density at radius 1 is 1.32 bits per heavy atom. The number of ether oxygens (including phenoxy) is 2. The van der Waals surface area contributed by atoms with Gasteiger partial charge in [-0.2, -0.15) is 0 Å². The molecule has 0 aliphatic carbocycles. The van der Waals surface area contributed by atoms with Crippen molar-refractivity contribution in [3.05, 3.63) is 24.3 Å². The SMILES string of the molecule is CC(C)(C)OC(=O)CSCCOc1ccccc1N. The quantitative estimate of drug-likeness (QED) is 0.494. The predicted octanol–water partition coefficient (Wildman–Crippen LogP) is 2.72. The van der Waals surface area contributed by atoms with Gasteiger partial charge in [0.05, 0.1) is 18.0 Å². The Labute approximate surface area is 118 Å². The monoisotopic (exact) mass is 283 g/mol. The second-order valence-electron chi connectivity index (χ2n) is 5.03. The second kappa shape index (κ2) is 7.28. The minimum Gasteiger partial charge on any atom is -0.491 e. The van der Waals surface area contributed by atoms with E-state index in [1.54, 1.807) is 6.07 Å². The average Bonchev–Trinajstić information content (AvgIpc) is 2.28. The first kappa shape index (κ1) is 15.7. The van der Waals surface area contributed by atoms with Crippen molar-refractivity contribution in [2.75, 3.05) is 23.8 Å². The summed E-state index contributed by atoms with van der Waals surface area (Å²) in [7, 11) is 0. The number of anilines is 1. The standard InChI is InChI=1S/C14H21NO3S/c1-14(2,3)18-13(16)10-19-9-8-17-12-7-5-4-6-11(12)15/h4-7H,8-10,15H2,1-3H3. The topological polar surface area (TPSA) is 61.5 Å². The van der Waals surface area contributed by atoms with Crippen LogP contribution in [0.25, 0.3) is 0 Å². The van der Waals surface area contributed by atoms with Gasteiger partial charge in [-0.05, 0) is 32.9 Å². The summed E-state index contributed by atoms with van der Waals surface area (Å²) in [6, 6.07) is 7.36. The van der Waals surface area contributed by atoms with Crippen LogP contribution in [0.5, 0.6) is 5.75 Å². The van der Waals surface area contributed by atoms with Crippen LogP contribution in [0.15, 0.2) is 24.3 Å². The Balaban J connectivity index is 2.15. The highest BCUT2D eigenvalue weighted by molar-refractivity contribution is 7.99. The van der Waals surface area contributed by atoms with Gasteiger partial charge in [0, 0.05) is 5.75 Å². The normalized spacial score (nSPS) is 11.1. The van der Waals surface area contributed by atoms with Crippen LogP contribution in [0.1, 0.15) is 20.8 Å². The van der Waals surface area contributed by atoms with E-state index in [4.69, 9.17) is 15.2 Å². The van der Waals surface area contributed by atoms with Gasteiger partial charge in [0.1, 0.15) is 11.4 Å². The van der Waals surface area contributed by atoms with Crippen molar-refractivity contribution in [3.8, 4) is 5.75 Å². The molecule has 0 saturated carbocycles. The molecule has 0 aliphatic heterocycles. The van der Waals surface area contributed by atoms with Crippen molar-refractivity contribution >= 4 is 23.4 Å². The van der Waals surface area contributed by atoms with Crippen LogP contribution < -0.4 is 10.5 Å². The number of carbonyl (C=O) groups is 1. The maximum atomic E-state index is 11.4. The van der Waals surface area contributed by atoms with Crippen molar-refractivity contribution in [2.24, 2.45) is 0 Å². The first-order valence-electron chi connectivity index (χ1n) is 6.15. The van der Waals surface area contributed by atoms with E-state index < -0.39 is 5.60 Å². The number of carbonyl (C=O) groups excluding carboxylic acids is 1. The number of esters is 1. The Bertz CT molecular complexity index is 415. The van der Waals surface area contributed by atoms with Crippen molar-refractivity contribution in [1.29, 1.82) is 0 Å². The van der Waals surface area contributed by atoms with Crippen LogP contribution in [0.4, 0.5) is 5.69 Å². The number of para-hydroxylation sites is 2. The summed E-state index contributed by atoms with van der Waals surface area (Å²) in [5, 5.41) is 0. The van der Waals surface area contributed by atoms with Gasteiger partial charge in [0.15, 0.2) is 0 Å². The third-order valence-corrected chi connectivity index (χ3v) is 2.94. The number of rotatable bonds is 6. The number of hydrogen-bond donors (Lipinski definition) is 1. The second-order valence-corrected chi connectivity index (χ2v) is 6.13. The number of nitrogens with two attached hydrogens (primary N) is 1. The van der Waals surface area contributed by atoms with Gasteiger partial charge < -0.3 is 15.2 Å². The highest BCUT2D eigenvalue weighted by Crippen LogP contribution is 2.19. The third kappa shape index (κ3) is 6.96. The van der Waals surface area contributed by atoms with E-state index >= 15 is 0 Å². The molecule has 0 aliphatic rings. The molecular weight excluding hydrogens is 262 g/mol. The molecule has 1 aromatic carbocycles. The summed E-state index contributed by atoms with van der Waals surface area (Å²) in [5.74, 6) is 1.54. The molecule has 1 rings (SSSR count). The van der Waals surface area contributed by atoms with Crippen LogP contribution in [0.3, 0.4) is 0 Å². The number of hydrogen-bond acceptors (Lipinski definition) is 5. The summed E-state index contributed by atoms with van der Waals surface area (Å²) in [6.07, 6.45) is 0. The molecule has 0 fully saturated rings. The Hall–Kier alpha value is -1.36. The summed E-state index contributed by atoms with van der Waals surface area (Å²) in [6.45, 7) is 6.09. The van der Waals surface area contributed by atoms with Crippen LogP contribution in [-0.4, -0.2) is 29.7 Å². The molecule has 0 unspecified atom stereocenters. The Morgan fingerprint density at radius 3 is 2.63 bits per heavy atom. The van der Waals surface area contributed by atoms with E-state index in [0.29, 0.717) is 29.5 Å². The van der Waals surface area contributed by atoms with Crippen molar-refractivity contribution < 1.29 is 14.3 Å². The summed E-state index contributed by atoms with van der Waals surface area (Å²) in [4.78, 5) is 11.4. The molecule has 0 amide bonds. The van der Waals surface area contributed by atoms with Crippen LogP contribution in [0.2, 0.25) is 0 Å². The van der Waals surface area contributed by atoms with Crippen molar-refractivity contribution in [2.45, 2.75) is 26.4 Å². The molecule has 0 heterocycles. The van der Waals surface area contributed by atoms with Crippen LogP contribution in [-0.2, 0) is 9.53 Å². The van der Waals surface area contributed by atoms with Crippen molar-refractivity contribution in [1.82, 2.24) is 0 Å². The molecule has 4 nitrogen and oxygen atoms in total. The zero-order chi connectivity index (χ0) is 14.3. The lowest BCUT2D eigenvalue weighted by atomic mass is 10.2. The molecule has 0 spiro atoms. The molecule has 0 aromatic heterocycles. The van der Waals surface area contributed by atoms with Gasteiger partial charge in [-0.15, -0.1) is 11.8 Å². The fourth-order valence-corrected chi connectivity index (χ4v) is 1.92. The molecule has 0 saturated heterocycles. The van der Waals surface area contributed by atoms with E-state index in [9.17, 15) is 4.79 Å². The molecule has 106 valence electrons. The number of nitrogen functional groups attached to an aromatic ring is 1. The highest BCUT2D eigenvalue weighted by atomic mass is 32.2. The first-order valence-corrected chi connectivity index (χ1v) is 7.31. The lowest BCUT2D eigenvalue weighted by Crippen LogP contribution is -2.25. The summed E-state index contributed by atoms with van der Waals surface area (Å²) in [5.41, 5.74) is 5.95. The molecule has 19 heavy (non-hydrogen) atoms. The van der Waals surface area contributed by atoms with E-state index in [1.165, 1.54) is 11.8 Å². The van der Waals surface area contributed by atoms with Crippen molar-refractivity contribution in [3.63, 3.8) is 0 Å². The maximum absolute atomic E-state index is 11.4. The summed E-state index contributed by atoms with van der Waals surface area (Å²) >= 11 is 1.49. The van der Waals surface area contributed by atoms with Gasteiger partial charge in [0.2, 0.25) is 0 Å². The molecule has 0 radical (unpaired) electrons. The lowest BCUT2D eigenvalue weighted by Gasteiger charge is -2.19. The van der Waals surface area contributed by atoms with E-state index in [0.717, 1.165) is 0 Å². The molecular formula is C14H21NO3S. The maximum Gasteiger partial charge on any atom is 0.316 e. The smallest absolute Gasteiger partial charge is 0.316 e. The average molecular weight is 283 g/mol.